The third kappa shape index (κ3) is 6.08. The molecular weight excluding hydrogens is 613 g/mol. The van der Waals surface area contributed by atoms with Crippen LogP contribution in [0.4, 0.5) is 5.69 Å². The number of para-hydroxylation sites is 1. The fourth-order valence-electron chi connectivity index (χ4n) is 7.01. The van der Waals surface area contributed by atoms with Gasteiger partial charge in [0.25, 0.3) is 5.91 Å². The average molecular weight is 651 g/mol. The van der Waals surface area contributed by atoms with Crippen molar-refractivity contribution in [3.05, 3.63) is 112 Å². The Kier molecular flexibility index (Phi) is 8.68. The maximum Gasteiger partial charge on any atom is 0.254 e. The number of likely N-dealkylation sites (N-methyl/N-ethyl adjacent to an activating group) is 1. The minimum absolute atomic E-state index is 0.0119. The second-order valence-corrected chi connectivity index (χ2v) is 15.0. The van der Waals surface area contributed by atoms with Crippen molar-refractivity contribution >= 4 is 55.6 Å². The zero-order valence-corrected chi connectivity index (χ0v) is 27.4. The number of likely N-dealkylation sites (tertiary alicyclic amines) is 1. The average Bonchev–Trinajstić information content (AvgIpc) is 3.35. The van der Waals surface area contributed by atoms with Crippen LogP contribution in [0.3, 0.4) is 0 Å². The summed E-state index contributed by atoms with van der Waals surface area (Å²) >= 11 is 12.7. The van der Waals surface area contributed by atoms with E-state index in [9.17, 15) is 13.2 Å². The third-order valence-electron chi connectivity index (χ3n) is 9.47. The Morgan fingerprint density at radius 1 is 0.932 bits per heavy atom. The summed E-state index contributed by atoms with van der Waals surface area (Å²) in [4.78, 5) is 18.0. The largest absolute Gasteiger partial charge is 0.341 e. The van der Waals surface area contributed by atoms with Gasteiger partial charge in [-0.2, -0.15) is 0 Å². The Balaban J connectivity index is 1.17. The smallest absolute Gasteiger partial charge is 0.254 e. The number of rotatable bonds is 8. The van der Waals surface area contributed by atoms with Gasteiger partial charge < -0.3 is 9.80 Å². The first-order chi connectivity index (χ1) is 21.1. The molecule has 1 atom stereocenters. The number of carbonyl (C=O) groups is 1. The highest BCUT2D eigenvalue weighted by atomic mass is 35.5. The van der Waals surface area contributed by atoms with Gasteiger partial charge in [0.15, 0.2) is 0 Å². The molecule has 0 aliphatic carbocycles. The Hall–Kier alpha value is -3.10. The highest BCUT2D eigenvalue weighted by Crippen LogP contribution is 2.48. The normalized spacial score (nSPS) is 17.1. The standard InChI is InChI=1S/C35H37Cl2N3O3S/c1-38(34(41)29-11-7-9-25-8-3-4-10-28(25)29)23-27(26-14-15-31(36)32(37)22-26)16-19-39-20-17-35(18-21-39)24-40(44(2,42)43)33-13-6-5-12-30(33)35/h3-15,22,27H,16-21,23-24H2,1-2H3. The summed E-state index contributed by atoms with van der Waals surface area (Å²) < 4.78 is 26.8. The van der Waals surface area contributed by atoms with E-state index in [1.165, 1.54) is 6.26 Å². The van der Waals surface area contributed by atoms with E-state index in [4.69, 9.17) is 23.2 Å². The molecule has 0 bridgehead atoms. The zero-order chi connectivity index (χ0) is 31.1. The number of nitrogens with zero attached hydrogens (tertiary/aromatic N) is 3. The second kappa shape index (κ2) is 12.4. The Bertz CT molecular complexity index is 1800. The van der Waals surface area contributed by atoms with Gasteiger partial charge in [0.2, 0.25) is 10.0 Å². The molecule has 4 aromatic carbocycles. The number of sulfonamides is 1. The number of amides is 1. The lowest BCUT2D eigenvalue weighted by Crippen LogP contribution is -2.46. The van der Waals surface area contributed by atoms with Crippen LogP contribution in [0, 0.1) is 0 Å². The molecule has 6 nitrogen and oxygen atoms in total. The summed E-state index contributed by atoms with van der Waals surface area (Å²) in [5.41, 5.74) is 3.55. The number of hydrogen-bond donors (Lipinski definition) is 0. The fourth-order valence-corrected chi connectivity index (χ4v) is 8.32. The first kappa shape index (κ1) is 30.9. The van der Waals surface area contributed by atoms with Gasteiger partial charge in [-0.3, -0.25) is 9.10 Å². The predicted molar refractivity (Wildman–Crippen MR) is 181 cm³/mol. The molecular formula is C35H37Cl2N3O3S. The molecule has 1 fully saturated rings. The number of fused-ring (bicyclic) bond motifs is 3. The summed E-state index contributed by atoms with van der Waals surface area (Å²) in [6.45, 7) is 3.66. The SMILES string of the molecule is CN(CC(CCN1CCC2(CC1)CN(S(C)(=O)=O)c1ccccc12)c1ccc(Cl)c(Cl)c1)C(=O)c1cccc2ccccc12. The predicted octanol–water partition coefficient (Wildman–Crippen LogP) is 7.21. The molecule has 6 rings (SSSR count). The molecule has 0 aromatic heterocycles. The quantitative estimate of drug-likeness (QED) is 0.202. The van der Waals surface area contributed by atoms with Gasteiger partial charge in [-0.05, 0) is 85.1 Å². The fraction of sp³-hybridized carbons (Fsp3) is 0.343. The van der Waals surface area contributed by atoms with Gasteiger partial charge in [0.05, 0.1) is 22.0 Å². The van der Waals surface area contributed by atoms with Crippen LogP contribution in [0.25, 0.3) is 10.8 Å². The molecule has 2 aliphatic heterocycles. The Morgan fingerprint density at radius 2 is 1.64 bits per heavy atom. The number of carbonyl (C=O) groups excluding carboxylic acids is 1. The Morgan fingerprint density at radius 3 is 2.39 bits per heavy atom. The molecule has 230 valence electrons. The molecule has 0 N–H and O–H groups in total. The van der Waals surface area contributed by atoms with E-state index in [0.717, 1.165) is 66.5 Å². The van der Waals surface area contributed by atoms with E-state index in [1.807, 2.05) is 90.8 Å². The van der Waals surface area contributed by atoms with Crippen molar-refractivity contribution in [2.45, 2.75) is 30.6 Å². The van der Waals surface area contributed by atoms with Crippen LogP contribution in [0.2, 0.25) is 10.0 Å². The summed E-state index contributed by atoms with van der Waals surface area (Å²) in [5.74, 6) is 0.0413. The van der Waals surface area contributed by atoms with Gasteiger partial charge in [-0.1, -0.05) is 83.9 Å². The van der Waals surface area contributed by atoms with Gasteiger partial charge in [0, 0.05) is 37.0 Å². The molecule has 1 amide bonds. The van der Waals surface area contributed by atoms with Crippen molar-refractivity contribution < 1.29 is 13.2 Å². The molecule has 2 aliphatic rings. The lowest BCUT2D eigenvalue weighted by molar-refractivity contribution is 0.0782. The lowest BCUT2D eigenvalue weighted by atomic mass is 9.74. The highest BCUT2D eigenvalue weighted by molar-refractivity contribution is 7.92. The summed E-state index contributed by atoms with van der Waals surface area (Å²) in [5, 5.41) is 3.01. The lowest BCUT2D eigenvalue weighted by Gasteiger charge is -2.40. The molecule has 0 saturated carbocycles. The molecule has 44 heavy (non-hydrogen) atoms. The van der Waals surface area contributed by atoms with Crippen LogP contribution in [-0.4, -0.2) is 70.2 Å². The maximum atomic E-state index is 13.7. The van der Waals surface area contributed by atoms with Crippen LogP contribution < -0.4 is 4.31 Å². The number of halogens is 2. The molecule has 0 radical (unpaired) electrons. The van der Waals surface area contributed by atoms with E-state index in [1.54, 1.807) is 4.31 Å². The molecule has 1 unspecified atom stereocenters. The minimum atomic E-state index is -3.35. The van der Waals surface area contributed by atoms with Crippen molar-refractivity contribution in [2.75, 3.05) is 50.3 Å². The highest BCUT2D eigenvalue weighted by Gasteiger charge is 2.46. The van der Waals surface area contributed by atoms with Crippen molar-refractivity contribution in [1.29, 1.82) is 0 Å². The van der Waals surface area contributed by atoms with Crippen molar-refractivity contribution in [1.82, 2.24) is 9.80 Å². The van der Waals surface area contributed by atoms with Crippen molar-refractivity contribution in [2.24, 2.45) is 0 Å². The van der Waals surface area contributed by atoms with Gasteiger partial charge in [0.1, 0.15) is 0 Å². The number of benzene rings is 4. The first-order valence-corrected chi connectivity index (χ1v) is 17.6. The van der Waals surface area contributed by atoms with Crippen molar-refractivity contribution in [3.8, 4) is 0 Å². The van der Waals surface area contributed by atoms with E-state index in [-0.39, 0.29) is 17.2 Å². The molecule has 4 aromatic rings. The monoisotopic (exact) mass is 649 g/mol. The van der Waals surface area contributed by atoms with E-state index >= 15 is 0 Å². The summed E-state index contributed by atoms with van der Waals surface area (Å²) in [6, 6.07) is 27.5. The van der Waals surface area contributed by atoms with E-state index in [2.05, 4.69) is 11.0 Å². The summed E-state index contributed by atoms with van der Waals surface area (Å²) in [7, 11) is -1.48. The van der Waals surface area contributed by atoms with E-state index in [0.29, 0.717) is 28.7 Å². The molecule has 1 saturated heterocycles. The minimum Gasteiger partial charge on any atom is -0.341 e. The number of hydrogen-bond acceptors (Lipinski definition) is 4. The summed E-state index contributed by atoms with van der Waals surface area (Å²) in [6.07, 6.45) is 3.92. The molecule has 2 heterocycles. The van der Waals surface area contributed by atoms with Gasteiger partial charge in [-0.15, -0.1) is 0 Å². The van der Waals surface area contributed by atoms with Crippen LogP contribution in [0.15, 0.2) is 84.9 Å². The van der Waals surface area contributed by atoms with Crippen LogP contribution >= 0.6 is 23.2 Å². The zero-order valence-electron chi connectivity index (χ0n) is 25.0. The van der Waals surface area contributed by atoms with Crippen LogP contribution in [0.1, 0.15) is 46.7 Å². The molecule has 1 spiro atoms. The van der Waals surface area contributed by atoms with Gasteiger partial charge >= 0.3 is 0 Å². The Labute approximate surface area is 270 Å². The van der Waals surface area contributed by atoms with Crippen LogP contribution in [0.5, 0.6) is 0 Å². The number of anilines is 1. The van der Waals surface area contributed by atoms with Crippen molar-refractivity contribution in [3.63, 3.8) is 0 Å². The topological polar surface area (TPSA) is 60.9 Å². The first-order valence-electron chi connectivity index (χ1n) is 15.0. The van der Waals surface area contributed by atoms with Gasteiger partial charge in [-0.25, -0.2) is 8.42 Å². The molecule has 9 heteroatoms. The van der Waals surface area contributed by atoms with Crippen LogP contribution in [-0.2, 0) is 15.4 Å². The van der Waals surface area contributed by atoms with E-state index < -0.39 is 10.0 Å². The maximum absolute atomic E-state index is 13.7. The third-order valence-corrected chi connectivity index (χ3v) is 11.3. The second-order valence-electron chi connectivity index (χ2n) is 12.3. The number of piperidine rings is 1.